The third-order valence-electron chi connectivity index (χ3n) is 4.80. The minimum Gasteiger partial charge on any atom is -0.493 e. The highest BCUT2D eigenvalue weighted by atomic mass is 79.9. The standard InChI is InChI=1S/C24H24BrN3O6S/c1-32-21-12-17(13-22(33-2)24(21)34-3)15-26-27-23(29)16-28(19-9-7-8-18(25)14-19)35(30,31)20-10-5-4-6-11-20/h4-15H,16H2,1-3H3,(H,27,29)/b26-15-. The summed E-state index contributed by atoms with van der Waals surface area (Å²) in [6.45, 7) is -0.486. The Balaban J connectivity index is 1.83. The zero-order chi connectivity index (χ0) is 25.4. The highest BCUT2D eigenvalue weighted by Crippen LogP contribution is 2.37. The molecule has 0 aliphatic heterocycles. The van der Waals surface area contributed by atoms with Crippen LogP contribution in [0.3, 0.4) is 0 Å². The quantitative estimate of drug-likeness (QED) is 0.298. The lowest BCUT2D eigenvalue weighted by atomic mass is 10.2. The topological polar surface area (TPSA) is 107 Å². The van der Waals surface area contributed by atoms with Crippen LogP contribution in [0.1, 0.15) is 5.56 Å². The average Bonchev–Trinajstić information content (AvgIpc) is 2.87. The molecule has 184 valence electrons. The summed E-state index contributed by atoms with van der Waals surface area (Å²) in [5.74, 6) is 0.643. The number of hydrazone groups is 1. The molecule has 9 nitrogen and oxygen atoms in total. The maximum atomic E-state index is 13.3. The maximum absolute atomic E-state index is 13.3. The minimum absolute atomic E-state index is 0.0636. The molecule has 35 heavy (non-hydrogen) atoms. The van der Waals surface area contributed by atoms with Crippen LogP contribution in [0, 0.1) is 0 Å². The van der Waals surface area contributed by atoms with Gasteiger partial charge in [-0.15, -0.1) is 0 Å². The number of sulfonamides is 1. The number of hydrogen-bond acceptors (Lipinski definition) is 7. The van der Waals surface area contributed by atoms with Crippen molar-refractivity contribution in [1.82, 2.24) is 5.43 Å². The van der Waals surface area contributed by atoms with Crippen LogP contribution >= 0.6 is 15.9 Å². The van der Waals surface area contributed by atoms with Gasteiger partial charge in [-0.2, -0.15) is 5.10 Å². The van der Waals surface area contributed by atoms with Gasteiger partial charge in [0.25, 0.3) is 15.9 Å². The van der Waals surface area contributed by atoms with Gasteiger partial charge in [-0.05, 0) is 42.5 Å². The zero-order valence-electron chi connectivity index (χ0n) is 19.3. The average molecular weight is 562 g/mol. The largest absolute Gasteiger partial charge is 0.493 e. The van der Waals surface area contributed by atoms with Crippen LogP contribution in [0.2, 0.25) is 0 Å². The molecule has 0 aromatic heterocycles. The van der Waals surface area contributed by atoms with Gasteiger partial charge >= 0.3 is 0 Å². The predicted octanol–water partition coefficient (Wildman–Crippen LogP) is 3.82. The number of hydrogen-bond donors (Lipinski definition) is 1. The van der Waals surface area contributed by atoms with E-state index < -0.39 is 22.5 Å². The van der Waals surface area contributed by atoms with Crippen LogP contribution in [0.15, 0.2) is 81.2 Å². The molecule has 0 unspecified atom stereocenters. The van der Waals surface area contributed by atoms with E-state index in [1.165, 1.54) is 39.7 Å². The third-order valence-corrected chi connectivity index (χ3v) is 7.09. The lowest BCUT2D eigenvalue weighted by molar-refractivity contribution is -0.119. The van der Waals surface area contributed by atoms with Gasteiger partial charge in [0.1, 0.15) is 6.54 Å². The number of halogens is 1. The first-order valence-electron chi connectivity index (χ1n) is 10.3. The number of nitrogens with one attached hydrogen (secondary N) is 1. The Hall–Kier alpha value is -3.57. The second-order valence-electron chi connectivity index (χ2n) is 7.06. The minimum atomic E-state index is -4.02. The molecule has 0 saturated heterocycles. The number of nitrogens with zero attached hydrogens (tertiary/aromatic N) is 2. The summed E-state index contributed by atoms with van der Waals surface area (Å²) in [6.07, 6.45) is 1.39. The molecule has 0 fully saturated rings. The van der Waals surface area contributed by atoms with Crippen LogP contribution in [-0.2, 0) is 14.8 Å². The molecule has 0 aliphatic rings. The van der Waals surface area contributed by atoms with Crippen LogP contribution in [-0.4, -0.2) is 48.4 Å². The smallest absolute Gasteiger partial charge is 0.264 e. The first kappa shape index (κ1) is 26.0. The van der Waals surface area contributed by atoms with Gasteiger partial charge in [0, 0.05) is 10.0 Å². The van der Waals surface area contributed by atoms with E-state index in [1.54, 1.807) is 54.6 Å². The van der Waals surface area contributed by atoms with E-state index in [0.717, 1.165) is 4.31 Å². The molecular formula is C24H24BrN3O6S. The summed E-state index contributed by atoms with van der Waals surface area (Å²) in [6, 6.07) is 17.9. The van der Waals surface area contributed by atoms with Crippen molar-refractivity contribution in [2.24, 2.45) is 5.10 Å². The maximum Gasteiger partial charge on any atom is 0.264 e. The van der Waals surface area contributed by atoms with Gasteiger partial charge in [0.05, 0.1) is 38.1 Å². The number of ether oxygens (including phenoxy) is 3. The molecule has 1 N–H and O–H groups in total. The van der Waals surface area contributed by atoms with Crippen LogP contribution in [0.5, 0.6) is 17.2 Å². The van der Waals surface area contributed by atoms with E-state index in [0.29, 0.717) is 33.0 Å². The summed E-state index contributed by atoms with van der Waals surface area (Å²) >= 11 is 3.35. The van der Waals surface area contributed by atoms with Crippen LogP contribution in [0.25, 0.3) is 0 Å². The molecule has 0 radical (unpaired) electrons. The Bertz CT molecular complexity index is 1290. The number of benzene rings is 3. The molecule has 1 amide bonds. The fourth-order valence-corrected chi connectivity index (χ4v) is 5.01. The van der Waals surface area contributed by atoms with Crippen molar-refractivity contribution in [1.29, 1.82) is 0 Å². The van der Waals surface area contributed by atoms with Crippen molar-refractivity contribution >= 4 is 43.8 Å². The van der Waals surface area contributed by atoms with Gasteiger partial charge in [-0.1, -0.05) is 40.2 Å². The number of methoxy groups -OCH3 is 3. The highest BCUT2D eigenvalue weighted by molar-refractivity contribution is 9.10. The van der Waals surface area contributed by atoms with Gasteiger partial charge in [0.2, 0.25) is 5.75 Å². The van der Waals surface area contributed by atoms with E-state index in [-0.39, 0.29) is 4.90 Å². The molecule has 11 heteroatoms. The third kappa shape index (κ3) is 6.31. The Labute approximate surface area is 212 Å². The van der Waals surface area contributed by atoms with Gasteiger partial charge in [0.15, 0.2) is 11.5 Å². The molecular weight excluding hydrogens is 538 g/mol. The van der Waals surface area contributed by atoms with E-state index in [9.17, 15) is 13.2 Å². The number of anilines is 1. The second-order valence-corrected chi connectivity index (χ2v) is 9.83. The second kappa shape index (κ2) is 11.7. The summed E-state index contributed by atoms with van der Waals surface area (Å²) in [4.78, 5) is 12.8. The van der Waals surface area contributed by atoms with Crippen molar-refractivity contribution in [3.8, 4) is 17.2 Å². The van der Waals surface area contributed by atoms with E-state index in [1.807, 2.05) is 0 Å². The normalized spacial score (nSPS) is 11.2. The van der Waals surface area contributed by atoms with Crippen molar-refractivity contribution in [2.45, 2.75) is 4.90 Å². The first-order valence-corrected chi connectivity index (χ1v) is 12.5. The number of rotatable bonds is 10. The van der Waals surface area contributed by atoms with E-state index in [2.05, 4.69) is 26.5 Å². The Morgan fingerprint density at radius 3 is 2.20 bits per heavy atom. The molecule has 0 heterocycles. The van der Waals surface area contributed by atoms with Gasteiger partial charge < -0.3 is 14.2 Å². The van der Waals surface area contributed by atoms with Crippen LogP contribution in [0.4, 0.5) is 5.69 Å². The molecule has 3 aromatic rings. The van der Waals surface area contributed by atoms with Crippen molar-refractivity contribution < 1.29 is 27.4 Å². The number of carbonyl (C=O) groups excluding carboxylic acids is 1. The van der Waals surface area contributed by atoms with Gasteiger partial charge in [-0.3, -0.25) is 9.10 Å². The van der Waals surface area contributed by atoms with Crippen molar-refractivity contribution in [2.75, 3.05) is 32.2 Å². The summed E-state index contributed by atoms with van der Waals surface area (Å²) in [7, 11) is 0.458. The van der Waals surface area contributed by atoms with Crippen molar-refractivity contribution in [3.05, 3.63) is 76.8 Å². The molecule has 0 saturated carbocycles. The fourth-order valence-electron chi connectivity index (χ4n) is 3.19. The highest BCUT2D eigenvalue weighted by Gasteiger charge is 2.27. The Morgan fingerprint density at radius 1 is 0.971 bits per heavy atom. The summed E-state index contributed by atoms with van der Waals surface area (Å²) in [5, 5.41) is 3.96. The SMILES string of the molecule is COc1cc(/C=N\NC(=O)CN(c2cccc(Br)c2)S(=O)(=O)c2ccccc2)cc(OC)c1OC. The van der Waals surface area contributed by atoms with Crippen LogP contribution < -0.4 is 23.9 Å². The molecule has 3 rings (SSSR count). The van der Waals surface area contributed by atoms with Crippen molar-refractivity contribution in [3.63, 3.8) is 0 Å². The molecule has 0 spiro atoms. The summed E-state index contributed by atoms with van der Waals surface area (Å²) in [5.41, 5.74) is 3.27. The lowest BCUT2D eigenvalue weighted by Gasteiger charge is -2.23. The first-order chi connectivity index (χ1) is 16.8. The zero-order valence-corrected chi connectivity index (χ0v) is 21.7. The van der Waals surface area contributed by atoms with E-state index in [4.69, 9.17) is 14.2 Å². The molecule has 0 atom stereocenters. The predicted molar refractivity (Wildman–Crippen MR) is 137 cm³/mol. The fraction of sp³-hybridized carbons (Fsp3) is 0.167. The Kier molecular flexibility index (Phi) is 8.72. The molecule has 3 aromatic carbocycles. The Morgan fingerprint density at radius 2 is 1.63 bits per heavy atom. The molecule has 0 bridgehead atoms. The number of carbonyl (C=O) groups is 1. The summed E-state index contributed by atoms with van der Waals surface area (Å²) < 4.78 is 44.3. The van der Waals surface area contributed by atoms with Gasteiger partial charge in [-0.25, -0.2) is 13.8 Å². The number of amides is 1. The van der Waals surface area contributed by atoms with E-state index >= 15 is 0 Å². The monoisotopic (exact) mass is 561 g/mol. The molecule has 0 aliphatic carbocycles. The lowest BCUT2D eigenvalue weighted by Crippen LogP contribution is -2.39.